The fourth-order valence-corrected chi connectivity index (χ4v) is 1.91. The van der Waals surface area contributed by atoms with Crippen molar-refractivity contribution in [1.82, 2.24) is 5.32 Å². The molecule has 0 aromatic rings. The summed E-state index contributed by atoms with van der Waals surface area (Å²) in [6.07, 6.45) is 13.2. The predicted molar refractivity (Wildman–Crippen MR) is 81.2 cm³/mol. The SMILES string of the molecule is CCCCCCCCCCCCNC(=O)CN.Cl. The molecule has 1 amide bonds. The van der Waals surface area contributed by atoms with Crippen LogP contribution >= 0.6 is 12.4 Å². The average molecular weight is 279 g/mol. The molecule has 0 fully saturated rings. The number of nitrogens with two attached hydrogens (primary N) is 1. The van der Waals surface area contributed by atoms with Crippen molar-refractivity contribution in [2.45, 2.75) is 71.1 Å². The summed E-state index contributed by atoms with van der Waals surface area (Å²) in [6, 6.07) is 0. The van der Waals surface area contributed by atoms with Gasteiger partial charge in [0, 0.05) is 6.54 Å². The van der Waals surface area contributed by atoms with Gasteiger partial charge < -0.3 is 11.1 Å². The molecule has 0 aromatic heterocycles. The van der Waals surface area contributed by atoms with Gasteiger partial charge in [0.2, 0.25) is 5.91 Å². The van der Waals surface area contributed by atoms with E-state index < -0.39 is 0 Å². The summed E-state index contributed by atoms with van der Waals surface area (Å²) < 4.78 is 0. The van der Waals surface area contributed by atoms with E-state index >= 15 is 0 Å². The topological polar surface area (TPSA) is 55.1 Å². The third-order valence-corrected chi connectivity index (χ3v) is 3.04. The molecule has 3 nitrogen and oxygen atoms in total. The van der Waals surface area contributed by atoms with Gasteiger partial charge >= 0.3 is 0 Å². The zero-order chi connectivity index (χ0) is 12.8. The van der Waals surface area contributed by atoms with Crippen LogP contribution in [0.15, 0.2) is 0 Å². The standard InChI is InChI=1S/C14H30N2O.ClH/c1-2-3-4-5-6-7-8-9-10-11-12-16-14(17)13-15;/h2-13,15H2,1H3,(H,16,17);1H. The molecule has 0 aliphatic heterocycles. The first kappa shape index (κ1) is 20.0. The molecule has 4 heteroatoms. The summed E-state index contributed by atoms with van der Waals surface area (Å²) in [6.45, 7) is 3.15. The molecule has 0 rings (SSSR count). The van der Waals surface area contributed by atoms with Crippen LogP contribution in [0, 0.1) is 0 Å². The average Bonchev–Trinajstić information content (AvgIpc) is 2.35. The summed E-state index contributed by atoms with van der Waals surface area (Å²) in [5.41, 5.74) is 5.19. The van der Waals surface area contributed by atoms with Crippen LogP contribution in [0.3, 0.4) is 0 Å². The van der Waals surface area contributed by atoms with E-state index in [2.05, 4.69) is 12.2 Å². The monoisotopic (exact) mass is 278 g/mol. The van der Waals surface area contributed by atoms with Crippen LogP contribution in [0.25, 0.3) is 0 Å². The van der Waals surface area contributed by atoms with Crippen molar-refractivity contribution in [2.24, 2.45) is 5.73 Å². The third kappa shape index (κ3) is 15.7. The Morgan fingerprint density at radius 1 is 0.889 bits per heavy atom. The second-order valence-electron chi connectivity index (χ2n) is 4.74. The number of unbranched alkanes of at least 4 members (excludes halogenated alkanes) is 9. The Bertz CT molecular complexity index is 177. The molecule has 0 aromatic carbocycles. The number of hydrogen-bond acceptors (Lipinski definition) is 2. The lowest BCUT2D eigenvalue weighted by Gasteiger charge is -2.03. The maximum Gasteiger partial charge on any atom is 0.233 e. The van der Waals surface area contributed by atoms with Crippen LogP contribution in [0.5, 0.6) is 0 Å². The number of carbonyl (C=O) groups excluding carboxylic acids is 1. The second-order valence-corrected chi connectivity index (χ2v) is 4.74. The van der Waals surface area contributed by atoms with Crippen LogP contribution in [-0.2, 0) is 4.79 Å². The molecule has 0 saturated carbocycles. The Morgan fingerprint density at radius 2 is 1.33 bits per heavy atom. The molecular formula is C14H31ClN2O. The Kier molecular flexibility index (Phi) is 18.6. The van der Waals surface area contributed by atoms with Crippen molar-refractivity contribution in [3.63, 3.8) is 0 Å². The lowest BCUT2D eigenvalue weighted by molar-refractivity contribution is -0.119. The number of rotatable bonds is 12. The summed E-state index contributed by atoms with van der Waals surface area (Å²) in [4.78, 5) is 10.8. The molecule has 0 aliphatic carbocycles. The van der Waals surface area contributed by atoms with Crippen molar-refractivity contribution in [2.75, 3.05) is 13.1 Å². The number of halogens is 1. The molecule has 110 valence electrons. The highest BCUT2D eigenvalue weighted by atomic mass is 35.5. The van der Waals surface area contributed by atoms with Gasteiger partial charge in [-0.3, -0.25) is 4.79 Å². The number of hydrogen-bond donors (Lipinski definition) is 2. The molecule has 0 radical (unpaired) electrons. The van der Waals surface area contributed by atoms with Gasteiger partial charge in [-0.25, -0.2) is 0 Å². The first-order chi connectivity index (χ1) is 8.31. The first-order valence-corrected chi connectivity index (χ1v) is 7.28. The molecule has 3 N–H and O–H groups in total. The van der Waals surface area contributed by atoms with Gasteiger partial charge in [0.1, 0.15) is 0 Å². The minimum Gasteiger partial charge on any atom is -0.355 e. The van der Waals surface area contributed by atoms with E-state index in [0.717, 1.165) is 13.0 Å². The van der Waals surface area contributed by atoms with E-state index in [4.69, 9.17) is 5.73 Å². The van der Waals surface area contributed by atoms with Crippen molar-refractivity contribution >= 4 is 18.3 Å². The first-order valence-electron chi connectivity index (χ1n) is 7.28. The summed E-state index contributed by atoms with van der Waals surface area (Å²) in [7, 11) is 0. The molecular weight excluding hydrogens is 248 g/mol. The van der Waals surface area contributed by atoms with Crippen LogP contribution in [0.1, 0.15) is 71.1 Å². The minimum absolute atomic E-state index is 0. The number of nitrogens with one attached hydrogen (secondary N) is 1. The molecule has 0 spiro atoms. The van der Waals surface area contributed by atoms with Gasteiger partial charge in [-0.15, -0.1) is 12.4 Å². The van der Waals surface area contributed by atoms with E-state index in [0.29, 0.717) is 0 Å². The van der Waals surface area contributed by atoms with Crippen molar-refractivity contribution in [3.8, 4) is 0 Å². The Hall–Kier alpha value is -0.280. The fraction of sp³-hybridized carbons (Fsp3) is 0.929. The largest absolute Gasteiger partial charge is 0.355 e. The van der Waals surface area contributed by atoms with Gasteiger partial charge in [0.05, 0.1) is 6.54 Å². The minimum atomic E-state index is -0.0408. The van der Waals surface area contributed by atoms with Crippen LogP contribution in [0.4, 0.5) is 0 Å². The summed E-state index contributed by atoms with van der Waals surface area (Å²) >= 11 is 0. The second kappa shape index (κ2) is 16.7. The zero-order valence-electron chi connectivity index (χ0n) is 11.9. The van der Waals surface area contributed by atoms with Crippen molar-refractivity contribution < 1.29 is 4.79 Å². The normalized spacial score (nSPS) is 9.89. The van der Waals surface area contributed by atoms with Crippen LogP contribution in [0.2, 0.25) is 0 Å². The van der Waals surface area contributed by atoms with Crippen molar-refractivity contribution in [1.29, 1.82) is 0 Å². The fourth-order valence-electron chi connectivity index (χ4n) is 1.91. The van der Waals surface area contributed by atoms with Gasteiger partial charge in [-0.2, -0.15) is 0 Å². The molecule has 0 unspecified atom stereocenters. The van der Waals surface area contributed by atoms with Crippen molar-refractivity contribution in [3.05, 3.63) is 0 Å². The van der Waals surface area contributed by atoms with E-state index in [-0.39, 0.29) is 24.9 Å². The van der Waals surface area contributed by atoms with Crippen LogP contribution in [-0.4, -0.2) is 19.0 Å². The maximum atomic E-state index is 10.8. The molecule has 18 heavy (non-hydrogen) atoms. The van der Waals surface area contributed by atoms with E-state index in [1.54, 1.807) is 0 Å². The van der Waals surface area contributed by atoms with E-state index in [9.17, 15) is 4.79 Å². The van der Waals surface area contributed by atoms with Gasteiger partial charge in [-0.05, 0) is 6.42 Å². The number of carbonyl (C=O) groups is 1. The maximum absolute atomic E-state index is 10.8. The molecule has 0 aliphatic rings. The van der Waals surface area contributed by atoms with Gasteiger partial charge in [0.15, 0.2) is 0 Å². The Morgan fingerprint density at radius 3 is 1.78 bits per heavy atom. The quantitative estimate of drug-likeness (QED) is 0.538. The highest BCUT2D eigenvalue weighted by Gasteiger charge is 1.95. The molecule has 0 bridgehead atoms. The molecule has 0 heterocycles. The third-order valence-electron chi connectivity index (χ3n) is 3.04. The highest BCUT2D eigenvalue weighted by Crippen LogP contribution is 2.10. The van der Waals surface area contributed by atoms with Gasteiger partial charge in [-0.1, -0.05) is 64.7 Å². The van der Waals surface area contributed by atoms with Gasteiger partial charge in [0.25, 0.3) is 0 Å². The summed E-state index contributed by atoms with van der Waals surface area (Å²) in [5, 5.41) is 2.79. The highest BCUT2D eigenvalue weighted by molar-refractivity contribution is 5.85. The molecule has 0 saturated heterocycles. The Labute approximate surface area is 119 Å². The van der Waals surface area contributed by atoms with E-state index in [1.807, 2.05) is 0 Å². The zero-order valence-corrected chi connectivity index (χ0v) is 12.7. The lowest BCUT2D eigenvalue weighted by atomic mass is 10.1. The summed E-state index contributed by atoms with van der Waals surface area (Å²) in [5.74, 6) is -0.0408. The Balaban J connectivity index is 0. The number of amides is 1. The van der Waals surface area contributed by atoms with Crippen LogP contribution < -0.4 is 11.1 Å². The predicted octanol–water partition coefficient (Wildman–Crippen LogP) is 3.40. The lowest BCUT2D eigenvalue weighted by Crippen LogP contribution is -2.30. The smallest absolute Gasteiger partial charge is 0.233 e. The van der Waals surface area contributed by atoms with E-state index in [1.165, 1.54) is 57.8 Å². The molecule has 0 atom stereocenters.